The van der Waals surface area contributed by atoms with Crippen LogP contribution in [-0.4, -0.2) is 7.11 Å². The molecule has 2 aromatic rings. The van der Waals surface area contributed by atoms with Gasteiger partial charge in [-0.2, -0.15) is 0 Å². The first-order valence-electron chi connectivity index (χ1n) is 5.72. The lowest BCUT2D eigenvalue weighted by Gasteiger charge is -2.13. The third-order valence-corrected chi connectivity index (χ3v) is 3.76. The van der Waals surface area contributed by atoms with Gasteiger partial charge in [-0.25, -0.2) is 0 Å². The first-order valence-corrected chi connectivity index (χ1v) is 6.95. The summed E-state index contributed by atoms with van der Waals surface area (Å²) >= 11 is 9.87. The van der Waals surface area contributed by atoms with Crippen LogP contribution >= 0.6 is 27.5 Å². The number of para-hydroxylation sites is 1. The number of ether oxygens (including phenoxy) is 1. The van der Waals surface area contributed by atoms with Crippen LogP contribution in [0.3, 0.4) is 0 Å². The average molecular weight is 326 g/mol. The monoisotopic (exact) mass is 324 g/mol. The first kappa shape index (κ1) is 13.4. The van der Waals surface area contributed by atoms with Gasteiger partial charge in [0.05, 0.1) is 12.5 Å². The van der Waals surface area contributed by atoms with Gasteiger partial charge in [-0.15, -0.1) is 11.6 Å². The zero-order valence-corrected chi connectivity index (χ0v) is 12.4. The summed E-state index contributed by atoms with van der Waals surface area (Å²) in [5.41, 5.74) is 2.24. The molecule has 1 atom stereocenters. The Morgan fingerprint density at radius 2 is 1.78 bits per heavy atom. The number of hydrogen-bond acceptors (Lipinski definition) is 1. The van der Waals surface area contributed by atoms with E-state index in [-0.39, 0.29) is 5.38 Å². The summed E-state index contributed by atoms with van der Waals surface area (Å²) in [6.07, 6.45) is 0.757. The van der Waals surface area contributed by atoms with Crippen molar-refractivity contribution in [1.29, 1.82) is 0 Å². The molecule has 0 fully saturated rings. The van der Waals surface area contributed by atoms with E-state index in [9.17, 15) is 0 Å². The van der Waals surface area contributed by atoms with Crippen molar-refractivity contribution in [1.82, 2.24) is 0 Å². The maximum atomic E-state index is 6.45. The molecule has 1 nitrogen and oxygen atoms in total. The molecule has 2 rings (SSSR count). The van der Waals surface area contributed by atoms with E-state index >= 15 is 0 Å². The molecule has 18 heavy (non-hydrogen) atoms. The minimum Gasteiger partial charge on any atom is -0.496 e. The lowest BCUT2D eigenvalue weighted by Crippen LogP contribution is -1.98. The van der Waals surface area contributed by atoms with Gasteiger partial charge in [0, 0.05) is 4.47 Å². The standard InChI is InChI=1S/C15H14BrClO/c1-18-15-5-3-2-4-12(15)10-14(17)11-6-8-13(16)9-7-11/h2-9,14H,10H2,1H3. The minimum absolute atomic E-state index is 0.0469. The van der Waals surface area contributed by atoms with E-state index in [1.54, 1.807) is 7.11 Å². The molecule has 0 spiro atoms. The molecule has 2 aromatic carbocycles. The van der Waals surface area contributed by atoms with Crippen LogP contribution in [0.2, 0.25) is 0 Å². The Bertz CT molecular complexity index is 510. The largest absolute Gasteiger partial charge is 0.496 e. The molecule has 0 bridgehead atoms. The summed E-state index contributed by atoms with van der Waals surface area (Å²) in [4.78, 5) is 0. The quantitative estimate of drug-likeness (QED) is 0.720. The highest BCUT2D eigenvalue weighted by Gasteiger charge is 2.11. The van der Waals surface area contributed by atoms with E-state index in [1.807, 2.05) is 48.5 Å². The molecule has 3 heteroatoms. The van der Waals surface area contributed by atoms with Crippen molar-refractivity contribution in [3.63, 3.8) is 0 Å². The van der Waals surface area contributed by atoms with Crippen molar-refractivity contribution in [2.45, 2.75) is 11.8 Å². The van der Waals surface area contributed by atoms with Crippen molar-refractivity contribution in [2.24, 2.45) is 0 Å². The van der Waals surface area contributed by atoms with Gasteiger partial charge in [-0.3, -0.25) is 0 Å². The number of methoxy groups -OCH3 is 1. The van der Waals surface area contributed by atoms with Crippen molar-refractivity contribution in [2.75, 3.05) is 7.11 Å². The molecule has 0 saturated carbocycles. The van der Waals surface area contributed by atoms with E-state index in [4.69, 9.17) is 16.3 Å². The van der Waals surface area contributed by atoms with Gasteiger partial charge in [0.2, 0.25) is 0 Å². The third kappa shape index (κ3) is 3.27. The minimum atomic E-state index is -0.0469. The van der Waals surface area contributed by atoms with Crippen LogP contribution in [0.5, 0.6) is 5.75 Å². The van der Waals surface area contributed by atoms with Crippen LogP contribution in [-0.2, 0) is 6.42 Å². The molecule has 0 aliphatic carbocycles. The second-order valence-electron chi connectivity index (χ2n) is 4.04. The van der Waals surface area contributed by atoms with Crippen molar-refractivity contribution < 1.29 is 4.74 Å². The molecular formula is C15H14BrClO. The predicted octanol–water partition coefficient (Wildman–Crippen LogP) is 4.98. The fourth-order valence-electron chi connectivity index (χ4n) is 1.85. The average Bonchev–Trinajstić information content (AvgIpc) is 2.40. The van der Waals surface area contributed by atoms with Gasteiger partial charge in [-0.05, 0) is 35.7 Å². The van der Waals surface area contributed by atoms with Crippen LogP contribution in [0.25, 0.3) is 0 Å². The fourth-order valence-corrected chi connectivity index (χ4v) is 2.43. The van der Waals surface area contributed by atoms with E-state index < -0.39 is 0 Å². The van der Waals surface area contributed by atoms with Crippen molar-refractivity contribution >= 4 is 27.5 Å². The fraction of sp³-hybridized carbons (Fsp3) is 0.200. The van der Waals surface area contributed by atoms with Gasteiger partial charge in [0.1, 0.15) is 5.75 Å². The predicted molar refractivity (Wildman–Crippen MR) is 79.4 cm³/mol. The normalized spacial score (nSPS) is 12.2. The summed E-state index contributed by atoms with van der Waals surface area (Å²) in [6, 6.07) is 16.1. The van der Waals surface area contributed by atoms with E-state index in [1.165, 1.54) is 0 Å². The summed E-state index contributed by atoms with van der Waals surface area (Å²) in [5.74, 6) is 0.889. The molecule has 0 saturated heterocycles. The Kier molecular flexibility index (Phi) is 4.67. The number of benzene rings is 2. The summed E-state index contributed by atoms with van der Waals surface area (Å²) in [7, 11) is 1.68. The highest BCUT2D eigenvalue weighted by molar-refractivity contribution is 9.10. The lowest BCUT2D eigenvalue weighted by molar-refractivity contribution is 0.409. The topological polar surface area (TPSA) is 9.23 Å². The molecule has 0 amide bonds. The zero-order valence-electron chi connectivity index (χ0n) is 10.1. The van der Waals surface area contributed by atoms with Crippen LogP contribution in [0.15, 0.2) is 53.0 Å². The third-order valence-electron chi connectivity index (χ3n) is 2.82. The smallest absolute Gasteiger partial charge is 0.122 e. The Balaban J connectivity index is 2.15. The van der Waals surface area contributed by atoms with Gasteiger partial charge in [0.25, 0.3) is 0 Å². The number of halogens is 2. The second-order valence-corrected chi connectivity index (χ2v) is 5.48. The molecule has 0 N–H and O–H groups in total. The number of rotatable bonds is 4. The first-order chi connectivity index (χ1) is 8.70. The SMILES string of the molecule is COc1ccccc1CC(Cl)c1ccc(Br)cc1. The maximum Gasteiger partial charge on any atom is 0.122 e. The van der Waals surface area contributed by atoms with Crippen molar-refractivity contribution in [3.8, 4) is 5.75 Å². The van der Waals surface area contributed by atoms with Crippen LogP contribution in [0, 0.1) is 0 Å². The molecule has 0 heterocycles. The van der Waals surface area contributed by atoms with Gasteiger partial charge < -0.3 is 4.74 Å². The highest BCUT2D eigenvalue weighted by Crippen LogP contribution is 2.29. The number of hydrogen-bond donors (Lipinski definition) is 0. The summed E-state index contributed by atoms with van der Waals surface area (Å²) in [6.45, 7) is 0. The Morgan fingerprint density at radius 3 is 2.44 bits per heavy atom. The van der Waals surface area contributed by atoms with Gasteiger partial charge in [-0.1, -0.05) is 46.3 Å². The number of alkyl halides is 1. The summed E-state index contributed by atoms with van der Waals surface area (Å²) < 4.78 is 6.40. The molecule has 0 radical (unpaired) electrons. The van der Waals surface area contributed by atoms with Crippen LogP contribution in [0.4, 0.5) is 0 Å². The molecule has 0 aliphatic rings. The molecule has 94 valence electrons. The zero-order chi connectivity index (χ0) is 13.0. The van der Waals surface area contributed by atoms with Gasteiger partial charge in [0.15, 0.2) is 0 Å². The van der Waals surface area contributed by atoms with E-state index in [0.29, 0.717) is 0 Å². The van der Waals surface area contributed by atoms with Gasteiger partial charge >= 0.3 is 0 Å². The summed E-state index contributed by atoms with van der Waals surface area (Å²) in [5, 5.41) is -0.0469. The molecule has 1 unspecified atom stereocenters. The Hall–Kier alpha value is -0.990. The van der Waals surface area contributed by atoms with Crippen molar-refractivity contribution in [3.05, 3.63) is 64.1 Å². The molecular weight excluding hydrogens is 312 g/mol. The Morgan fingerprint density at radius 1 is 1.11 bits per heavy atom. The van der Waals surface area contributed by atoms with E-state index in [0.717, 1.165) is 27.8 Å². The Labute approximate surface area is 121 Å². The molecule has 0 aliphatic heterocycles. The second kappa shape index (κ2) is 6.26. The van der Waals surface area contributed by atoms with Crippen LogP contribution in [0.1, 0.15) is 16.5 Å². The lowest BCUT2D eigenvalue weighted by atomic mass is 10.0. The molecule has 0 aromatic heterocycles. The highest BCUT2D eigenvalue weighted by atomic mass is 79.9. The van der Waals surface area contributed by atoms with E-state index in [2.05, 4.69) is 15.9 Å². The van der Waals surface area contributed by atoms with Crippen LogP contribution < -0.4 is 4.74 Å². The maximum absolute atomic E-state index is 6.45.